The highest BCUT2D eigenvalue weighted by atomic mass is 79.9. The molecule has 2 heterocycles. The van der Waals surface area contributed by atoms with E-state index < -0.39 is 0 Å². The topological polar surface area (TPSA) is 67.5 Å². The second-order valence-electron chi connectivity index (χ2n) is 5.80. The number of aromatic nitrogens is 1. The first-order valence-corrected chi connectivity index (χ1v) is 9.03. The van der Waals surface area contributed by atoms with Gasteiger partial charge < -0.3 is 4.42 Å². The summed E-state index contributed by atoms with van der Waals surface area (Å²) in [7, 11) is 0. The van der Waals surface area contributed by atoms with Crippen molar-refractivity contribution in [3.63, 3.8) is 0 Å². The molecule has 2 aromatic heterocycles. The number of hydrogen-bond acceptors (Lipinski definition) is 4. The summed E-state index contributed by atoms with van der Waals surface area (Å²) in [5.41, 5.74) is 4.50. The van der Waals surface area contributed by atoms with Crippen LogP contribution in [-0.2, 0) is 0 Å². The highest BCUT2D eigenvalue weighted by Gasteiger charge is 2.07. The van der Waals surface area contributed by atoms with Crippen LogP contribution in [0.5, 0.6) is 0 Å². The molecule has 6 heteroatoms. The van der Waals surface area contributed by atoms with Crippen molar-refractivity contribution in [3.8, 4) is 11.3 Å². The fourth-order valence-corrected chi connectivity index (χ4v) is 2.86. The van der Waals surface area contributed by atoms with Crippen molar-refractivity contribution in [3.05, 3.63) is 88.7 Å². The molecule has 0 saturated heterocycles. The number of para-hydroxylation sites is 1. The van der Waals surface area contributed by atoms with E-state index in [1.165, 1.54) is 6.21 Å². The molecule has 0 radical (unpaired) electrons. The minimum Gasteiger partial charge on any atom is -0.455 e. The highest BCUT2D eigenvalue weighted by Crippen LogP contribution is 2.23. The van der Waals surface area contributed by atoms with E-state index in [0.29, 0.717) is 11.5 Å². The molecule has 27 heavy (non-hydrogen) atoms. The number of rotatable bonds is 4. The van der Waals surface area contributed by atoms with Gasteiger partial charge in [0.1, 0.15) is 17.2 Å². The normalized spacial score (nSPS) is 11.1. The van der Waals surface area contributed by atoms with Crippen LogP contribution in [0.1, 0.15) is 16.2 Å². The van der Waals surface area contributed by atoms with Crippen LogP contribution in [0.25, 0.3) is 22.2 Å². The van der Waals surface area contributed by atoms with Crippen LogP contribution in [0, 0.1) is 0 Å². The number of nitrogens with zero attached hydrogens (tertiary/aromatic N) is 2. The van der Waals surface area contributed by atoms with Crippen molar-refractivity contribution in [1.29, 1.82) is 0 Å². The third-order valence-electron chi connectivity index (χ3n) is 3.94. The summed E-state index contributed by atoms with van der Waals surface area (Å²) in [6.45, 7) is 0. The van der Waals surface area contributed by atoms with E-state index >= 15 is 0 Å². The maximum atomic E-state index is 12.2. The lowest BCUT2D eigenvalue weighted by Crippen LogP contribution is -2.18. The molecule has 5 nitrogen and oxygen atoms in total. The molecule has 132 valence electrons. The number of benzene rings is 2. The number of fused-ring (bicyclic) bond motifs is 1. The maximum absolute atomic E-state index is 12.2. The lowest BCUT2D eigenvalue weighted by Gasteiger charge is -2.01. The standard InChI is InChI=1S/C21H14BrN3O2/c22-16-8-5-15(6-9-16)20-12-10-17(27-20)13-23-25-21(26)19-11-7-14-3-1-2-4-18(14)24-19/h1-13H,(H,25,26)/b23-13-. The lowest BCUT2D eigenvalue weighted by atomic mass is 10.2. The van der Waals surface area contributed by atoms with Gasteiger partial charge in [-0.25, -0.2) is 10.4 Å². The van der Waals surface area contributed by atoms with Gasteiger partial charge in [0.15, 0.2) is 0 Å². The van der Waals surface area contributed by atoms with Crippen molar-refractivity contribution in [1.82, 2.24) is 10.4 Å². The first kappa shape index (κ1) is 17.2. The van der Waals surface area contributed by atoms with Crippen LogP contribution < -0.4 is 5.43 Å². The average Bonchev–Trinajstić information content (AvgIpc) is 3.17. The molecule has 0 saturated carbocycles. The Morgan fingerprint density at radius 3 is 2.67 bits per heavy atom. The number of halogens is 1. The molecule has 0 aliphatic heterocycles. The van der Waals surface area contributed by atoms with Crippen LogP contribution in [0.2, 0.25) is 0 Å². The maximum Gasteiger partial charge on any atom is 0.289 e. The number of carbonyl (C=O) groups excluding carboxylic acids is 1. The number of amides is 1. The molecule has 0 aliphatic carbocycles. The molecule has 0 aliphatic rings. The van der Waals surface area contributed by atoms with Crippen LogP contribution in [0.3, 0.4) is 0 Å². The van der Waals surface area contributed by atoms with Gasteiger partial charge in [-0.3, -0.25) is 4.79 Å². The highest BCUT2D eigenvalue weighted by molar-refractivity contribution is 9.10. The van der Waals surface area contributed by atoms with Gasteiger partial charge in [-0.2, -0.15) is 5.10 Å². The Hall–Kier alpha value is -3.25. The average molecular weight is 420 g/mol. The minimum atomic E-state index is -0.378. The zero-order valence-corrected chi connectivity index (χ0v) is 15.7. The number of hydrazone groups is 1. The van der Waals surface area contributed by atoms with Gasteiger partial charge in [-0.05, 0) is 36.4 Å². The summed E-state index contributed by atoms with van der Waals surface area (Å²) in [5.74, 6) is 0.892. The fraction of sp³-hybridized carbons (Fsp3) is 0. The van der Waals surface area contributed by atoms with Gasteiger partial charge in [0.2, 0.25) is 0 Å². The van der Waals surface area contributed by atoms with E-state index in [1.54, 1.807) is 12.1 Å². The lowest BCUT2D eigenvalue weighted by molar-refractivity contribution is 0.0950. The Bertz CT molecular complexity index is 1130. The Morgan fingerprint density at radius 2 is 1.81 bits per heavy atom. The van der Waals surface area contributed by atoms with E-state index in [-0.39, 0.29) is 5.91 Å². The quantitative estimate of drug-likeness (QED) is 0.372. The van der Waals surface area contributed by atoms with Gasteiger partial charge in [0.25, 0.3) is 5.91 Å². The number of furan rings is 1. The number of nitrogens with one attached hydrogen (secondary N) is 1. The minimum absolute atomic E-state index is 0.306. The molecule has 0 unspecified atom stereocenters. The van der Waals surface area contributed by atoms with E-state index in [0.717, 1.165) is 26.7 Å². The van der Waals surface area contributed by atoms with Crippen molar-refractivity contribution in [2.75, 3.05) is 0 Å². The van der Waals surface area contributed by atoms with E-state index in [9.17, 15) is 4.79 Å². The number of hydrogen-bond donors (Lipinski definition) is 1. The zero-order chi connectivity index (χ0) is 18.6. The molecule has 0 spiro atoms. The van der Waals surface area contributed by atoms with Gasteiger partial charge >= 0.3 is 0 Å². The van der Waals surface area contributed by atoms with Crippen molar-refractivity contribution in [2.24, 2.45) is 5.10 Å². The van der Waals surface area contributed by atoms with E-state index in [2.05, 4.69) is 31.4 Å². The predicted molar refractivity (Wildman–Crippen MR) is 109 cm³/mol. The number of pyridine rings is 1. The van der Waals surface area contributed by atoms with Crippen LogP contribution in [-0.4, -0.2) is 17.1 Å². The SMILES string of the molecule is O=C(N/N=C\c1ccc(-c2ccc(Br)cc2)o1)c1ccc2ccccc2n1. The monoisotopic (exact) mass is 419 g/mol. The van der Waals surface area contributed by atoms with Crippen LogP contribution in [0.15, 0.2) is 86.8 Å². The second kappa shape index (κ2) is 7.55. The molecule has 2 aromatic carbocycles. The van der Waals surface area contributed by atoms with Crippen LogP contribution in [0.4, 0.5) is 0 Å². The molecule has 0 atom stereocenters. The third kappa shape index (κ3) is 3.96. The molecule has 0 bridgehead atoms. The molecular weight excluding hydrogens is 406 g/mol. The summed E-state index contributed by atoms with van der Waals surface area (Å²) in [6, 6.07) is 22.6. The predicted octanol–water partition coefficient (Wildman–Crippen LogP) is 5.02. The van der Waals surface area contributed by atoms with Crippen molar-refractivity contribution in [2.45, 2.75) is 0 Å². The first-order chi connectivity index (χ1) is 13.2. The molecule has 0 fully saturated rings. The van der Waals surface area contributed by atoms with Gasteiger partial charge in [0, 0.05) is 15.4 Å². The van der Waals surface area contributed by atoms with Crippen molar-refractivity contribution < 1.29 is 9.21 Å². The van der Waals surface area contributed by atoms with Gasteiger partial charge in [-0.15, -0.1) is 0 Å². The number of carbonyl (C=O) groups is 1. The summed E-state index contributed by atoms with van der Waals surface area (Å²) >= 11 is 3.41. The molecule has 1 amide bonds. The summed E-state index contributed by atoms with van der Waals surface area (Å²) in [4.78, 5) is 16.6. The van der Waals surface area contributed by atoms with Crippen molar-refractivity contribution >= 4 is 39.0 Å². The van der Waals surface area contributed by atoms with Crippen LogP contribution >= 0.6 is 15.9 Å². The third-order valence-corrected chi connectivity index (χ3v) is 4.47. The fourth-order valence-electron chi connectivity index (χ4n) is 2.60. The Labute approximate surface area is 163 Å². The summed E-state index contributed by atoms with van der Waals surface area (Å²) < 4.78 is 6.73. The summed E-state index contributed by atoms with van der Waals surface area (Å²) in [5, 5.41) is 4.93. The molecule has 4 aromatic rings. The summed E-state index contributed by atoms with van der Waals surface area (Å²) in [6.07, 6.45) is 1.46. The second-order valence-corrected chi connectivity index (χ2v) is 6.71. The Morgan fingerprint density at radius 1 is 1.00 bits per heavy atom. The zero-order valence-electron chi connectivity index (χ0n) is 14.1. The van der Waals surface area contributed by atoms with E-state index in [1.807, 2.05) is 60.7 Å². The van der Waals surface area contributed by atoms with Gasteiger partial charge in [-0.1, -0.05) is 52.3 Å². The Balaban J connectivity index is 1.44. The van der Waals surface area contributed by atoms with E-state index in [4.69, 9.17) is 4.42 Å². The largest absolute Gasteiger partial charge is 0.455 e. The molecule has 4 rings (SSSR count). The smallest absolute Gasteiger partial charge is 0.289 e. The first-order valence-electron chi connectivity index (χ1n) is 8.24. The Kier molecular flexibility index (Phi) is 4.80. The molecular formula is C21H14BrN3O2. The molecule has 1 N–H and O–H groups in total. The van der Waals surface area contributed by atoms with Gasteiger partial charge in [0.05, 0.1) is 11.7 Å².